The Morgan fingerprint density at radius 3 is 1.51 bits per heavy atom. The number of benzene rings is 10. The summed E-state index contributed by atoms with van der Waals surface area (Å²) < 4.78 is 0. The lowest BCUT2D eigenvalue weighted by Crippen LogP contribution is -2.10. The summed E-state index contributed by atoms with van der Waals surface area (Å²) in [5.41, 5.74) is 12.9. The van der Waals surface area contributed by atoms with Gasteiger partial charge in [-0.05, 0) is 125 Å². The summed E-state index contributed by atoms with van der Waals surface area (Å²) >= 11 is 0. The Hall–Kier alpha value is -7.22. The normalized spacial score (nSPS) is 11.3. The van der Waals surface area contributed by atoms with Crippen LogP contribution in [-0.4, -0.2) is 0 Å². The van der Waals surface area contributed by atoms with Crippen LogP contribution in [0.25, 0.3) is 76.8 Å². The smallest absolute Gasteiger partial charge is 0.0468 e. The number of anilines is 3. The molecular weight excluding hydrogens is 663 g/mol. The van der Waals surface area contributed by atoms with Gasteiger partial charge in [0.2, 0.25) is 0 Å². The molecule has 10 aromatic rings. The summed E-state index contributed by atoms with van der Waals surface area (Å²) in [6, 6.07) is 81.5. The fraction of sp³-hybridized carbons (Fsp3) is 0. The molecular formula is C54H37N. The quantitative estimate of drug-likeness (QED) is 0.150. The third-order valence-corrected chi connectivity index (χ3v) is 10.8. The first-order valence-electron chi connectivity index (χ1n) is 18.9. The molecule has 0 saturated carbocycles. The van der Waals surface area contributed by atoms with E-state index in [-0.39, 0.29) is 0 Å². The zero-order valence-corrected chi connectivity index (χ0v) is 30.3. The Kier molecular flexibility index (Phi) is 8.24. The predicted molar refractivity (Wildman–Crippen MR) is 235 cm³/mol. The molecule has 0 aromatic heterocycles. The lowest BCUT2D eigenvalue weighted by Gasteiger charge is -2.27. The van der Waals surface area contributed by atoms with E-state index in [0.29, 0.717) is 0 Å². The van der Waals surface area contributed by atoms with Crippen LogP contribution in [0.5, 0.6) is 0 Å². The van der Waals surface area contributed by atoms with Gasteiger partial charge < -0.3 is 4.90 Å². The maximum absolute atomic E-state index is 2.40. The van der Waals surface area contributed by atoms with Crippen LogP contribution >= 0.6 is 0 Å². The predicted octanol–water partition coefficient (Wildman–Crippen LogP) is 15.3. The van der Waals surface area contributed by atoms with Crippen LogP contribution in [0.4, 0.5) is 17.1 Å². The van der Waals surface area contributed by atoms with Crippen molar-refractivity contribution in [3.05, 3.63) is 224 Å². The first kappa shape index (κ1) is 32.4. The highest BCUT2D eigenvalue weighted by atomic mass is 15.1. The Balaban J connectivity index is 1.14. The van der Waals surface area contributed by atoms with Crippen molar-refractivity contribution >= 4 is 49.4 Å². The van der Waals surface area contributed by atoms with E-state index >= 15 is 0 Å². The molecule has 0 aliphatic heterocycles. The second-order valence-electron chi connectivity index (χ2n) is 14.1. The zero-order valence-electron chi connectivity index (χ0n) is 30.3. The van der Waals surface area contributed by atoms with E-state index in [1.54, 1.807) is 0 Å². The minimum absolute atomic E-state index is 1.09. The zero-order chi connectivity index (χ0) is 36.6. The van der Waals surface area contributed by atoms with E-state index in [1.807, 2.05) is 0 Å². The summed E-state index contributed by atoms with van der Waals surface area (Å²) in [6.45, 7) is 0. The average molecular weight is 700 g/mol. The van der Waals surface area contributed by atoms with Gasteiger partial charge in [-0.2, -0.15) is 0 Å². The highest BCUT2D eigenvalue weighted by Gasteiger charge is 2.18. The minimum Gasteiger partial charge on any atom is -0.310 e. The van der Waals surface area contributed by atoms with Crippen molar-refractivity contribution in [2.24, 2.45) is 0 Å². The minimum atomic E-state index is 1.09. The van der Waals surface area contributed by atoms with E-state index in [1.165, 1.54) is 76.8 Å². The van der Waals surface area contributed by atoms with Crippen molar-refractivity contribution in [2.75, 3.05) is 4.90 Å². The van der Waals surface area contributed by atoms with Crippen molar-refractivity contribution in [3.63, 3.8) is 0 Å². The monoisotopic (exact) mass is 699 g/mol. The average Bonchev–Trinajstić information content (AvgIpc) is 3.27. The first-order valence-corrected chi connectivity index (χ1v) is 18.9. The standard InChI is InChI=1S/C54H37N/c1-3-15-39(16-4-1)50-33-32-48(37-54(50)40-17-5-2-6-18-40)55(47-22-13-21-43(35-47)44-27-26-38-14-7-8-19-42(38)34-44)46-30-28-41(29-31-46)53-36-45-20-9-10-23-49(45)51-24-11-12-25-52(51)53/h1-37H. The van der Waals surface area contributed by atoms with Crippen LogP contribution in [0.2, 0.25) is 0 Å². The van der Waals surface area contributed by atoms with Crippen molar-refractivity contribution in [1.29, 1.82) is 0 Å². The number of nitrogens with zero attached hydrogens (tertiary/aromatic N) is 1. The molecule has 0 bridgehead atoms. The number of fused-ring (bicyclic) bond motifs is 4. The molecule has 0 N–H and O–H groups in total. The molecule has 0 radical (unpaired) electrons. The summed E-state index contributed by atoms with van der Waals surface area (Å²) in [5.74, 6) is 0. The molecule has 0 atom stereocenters. The number of hydrogen-bond donors (Lipinski definition) is 0. The third kappa shape index (κ3) is 6.12. The van der Waals surface area contributed by atoms with Crippen molar-refractivity contribution in [1.82, 2.24) is 0 Å². The number of rotatable bonds is 7. The largest absolute Gasteiger partial charge is 0.310 e. The highest BCUT2D eigenvalue weighted by Crippen LogP contribution is 2.43. The summed E-state index contributed by atoms with van der Waals surface area (Å²) in [7, 11) is 0. The Morgan fingerprint density at radius 2 is 0.745 bits per heavy atom. The first-order chi connectivity index (χ1) is 27.3. The third-order valence-electron chi connectivity index (χ3n) is 10.8. The highest BCUT2D eigenvalue weighted by molar-refractivity contribution is 6.13. The van der Waals surface area contributed by atoms with E-state index in [2.05, 4.69) is 229 Å². The van der Waals surface area contributed by atoms with Gasteiger partial charge in [-0.3, -0.25) is 0 Å². The van der Waals surface area contributed by atoms with E-state index in [0.717, 1.165) is 17.1 Å². The van der Waals surface area contributed by atoms with Crippen LogP contribution in [0.3, 0.4) is 0 Å². The fourth-order valence-electron chi connectivity index (χ4n) is 8.12. The van der Waals surface area contributed by atoms with Gasteiger partial charge in [-0.15, -0.1) is 0 Å². The van der Waals surface area contributed by atoms with Crippen molar-refractivity contribution in [2.45, 2.75) is 0 Å². The van der Waals surface area contributed by atoms with Crippen LogP contribution in [0.1, 0.15) is 0 Å². The molecule has 10 rings (SSSR count). The Morgan fingerprint density at radius 1 is 0.218 bits per heavy atom. The van der Waals surface area contributed by atoms with Crippen molar-refractivity contribution < 1.29 is 0 Å². The van der Waals surface area contributed by atoms with Gasteiger partial charge in [-0.25, -0.2) is 0 Å². The molecule has 10 aromatic carbocycles. The van der Waals surface area contributed by atoms with Gasteiger partial charge in [0.25, 0.3) is 0 Å². The lowest BCUT2D eigenvalue weighted by atomic mass is 9.93. The molecule has 1 nitrogen and oxygen atoms in total. The van der Waals surface area contributed by atoms with Crippen molar-refractivity contribution in [3.8, 4) is 44.5 Å². The second kappa shape index (κ2) is 14.0. The summed E-state index contributed by atoms with van der Waals surface area (Å²) in [5, 5.41) is 7.55. The molecule has 0 spiro atoms. The maximum atomic E-state index is 2.40. The van der Waals surface area contributed by atoms with Gasteiger partial charge in [0.05, 0.1) is 0 Å². The topological polar surface area (TPSA) is 3.24 Å². The Bertz CT molecular complexity index is 2960. The molecule has 0 aliphatic rings. The van der Waals surface area contributed by atoms with Gasteiger partial charge in [-0.1, -0.05) is 176 Å². The van der Waals surface area contributed by atoms with Gasteiger partial charge in [0.1, 0.15) is 0 Å². The molecule has 0 heterocycles. The second-order valence-corrected chi connectivity index (χ2v) is 14.1. The molecule has 0 amide bonds. The molecule has 258 valence electrons. The number of hydrogen-bond acceptors (Lipinski definition) is 1. The van der Waals surface area contributed by atoms with Gasteiger partial charge in [0, 0.05) is 17.1 Å². The SMILES string of the molecule is c1ccc(-c2ccc(N(c3ccc(-c4cc5ccccc5c5ccccc45)cc3)c3cccc(-c4ccc5ccccc5c4)c3)cc2-c2ccccc2)cc1. The van der Waals surface area contributed by atoms with Crippen LogP contribution in [0, 0.1) is 0 Å². The molecule has 55 heavy (non-hydrogen) atoms. The molecule has 1 heteroatoms. The summed E-state index contributed by atoms with van der Waals surface area (Å²) in [6.07, 6.45) is 0. The molecule has 0 unspecified atom stereocenters. The maximum Gasteiger partial charge on any atom is 0.0468 e. The van der Waals surface area contributed by atoms with E-state index in [4.69, 9.17) is 0 Å². The molecule has 0 aliphatic carbocycles. The lowest BCUT2D eigenvalue weighted by molar-refractivity contribution is 1.28. The van der Waals surface area contributed by atoms with Gasteiger partial charge >= 0.3 is 0 Å². The molecule has 0 saturated heterocycles. The van der Waals surface area contributed by atoms with Gasteiger partial charge in [0.15, 0.2) is 0 Å². The van der Waals surface area contributed by atoms with E-state index in [9.17, 15) is 0 Å². The van der Waals surface area contributed by atoms with E-state index < -0.39 is 0 Å². The van der Waals surface area contributed by atoms with Crippen LogP contribution in [-0.2, 0) is 0 Å². The van der Waals surface area contributed by atoms with Crippen LogP contribution in [0.15, 0.2) is 224 Å². The fourth-order valence-corrected chi connectivity index (χ4v) is 8.12. The Labute approximate surface area is 322 Å². The summed E-state index contributed by atoms with van der Waals surface area (Å²) in [4.78, 5) is 2.40. The van der Waals surface area contributed by atoms with Crippen LogP contribution < -0.4 is 4.90 Å². The molecule has 0 fully saturated rings.